The molecular formula is C13H21F3N2O. The summed E-state index contributed by atoms with van der Waals surface area (Å²) in [5.74, 6) is -0.605. The SMILES string of the molecule is CC(N)(C(=O)N1CCCC2CCCCC21)C(F)(F)F. The van der Waals surface area contributed by atoms with Crippen LogP contribution in [0.15, 0.2) is 0 Å². The first-order valence-corrected chi connectivity index (χ1v) is 6.92. The fourth-order valence-electron chi connectivity index (χ4n) is 3.30. The van der Waals surface area contributed by atoms with E-state index < -0.39 is 17.6 Å². The Kier molecular flexibility index (Phi) is 3.82. The molecule has 1 saturated carbocycles. The second kappa shape index (κ2) is 4.96. The third-order valence-corrected chi connectivity index (χ3v) is 4.54. The number of amides is 1. The highest BCUT2D eigenvalue weighted by molar-refractivity contribution is 5.87. The lowest BCUT2D eigenvalue weighted by Crippen LogP contribution is -2.65. The number of fused-ring (bicyclic) bond motifs is 1. The Labute approximate surface area is 111 Å². The minimum Gasteiger partial charge on any atom is -0.338 e. The van der Waals surface area contributed by atoms with E-state index in [2.05, 4.69) is 0 Å². The number of halogens is 3. The largest absolute Gasteiger partial charge is 0.415 e. The molecule has 0 spiro atoms. The maximum absolute atomic E-state index is 12.9. The molecule has 3 nitrogen and oxygen atoms in total. The molecule has 110 valence electrons. The Morgan fingerprint density at radius 1 is 1.16 bits per heavy atom. The summed E-state index contributed by atoms with van der Waals surface area (Å²) in [6, 6.07) is -0.0415. The average molecular weight is 278 g/mol. The second-order valence-corrected chi connectivity index (χ2v) is 5.95. The average Bonchev–Trinajstić information content (AvgIpc) is 2.36. The van der Waals surface area contributed by atoms with Crippen molar-refractivity contribution in [3.8, 4) is 0 Å². The van der Waals surface area contributed by atoms with Crippen LogP contribution in [0.3, 0.4) is 0 Å². The third-order valence-electron chi connectivity index (χ3n) is 4.54. The normalized spacial score (nSPS) is 31.5. The van der Waals surface area contributed by atoms with Gasteiger partial charge in [-0.3, -0.25) is 4.79 Å². The zero-order valence-electron chi connectivity index (χ0n) is 11.2. The first-order chi connectivity index (χ1) is 8.75. The van der Waals surface area contributed by atoms with Crippen LogP contribution in [0.1, 0.15) is 45.4 Å². The van der Waals surface area contributed by atoms with Gasteiger partial charge in [-0.25, -0.2) is 0 Å². The Bertz CT molecular complexity index is 352. The van der Waals surface area contributed by atoms with Crippen LogP contribution in [-0.2, 0) is 4.79 Å². The zero-order chi connectivity index (χ0) is 14.3. The van der Waals surface area contributed by atoms with Crippen molar-refractivity contribution in [2.45, 2.75) is 63.2 Å². The van der Waals surface area contributed by atoms with Gasteiger partial charge in [0.2, 0.25) is 0 Å². The fraction of sp³-hybridized carbons (Fsp3) is 0.923. The molecule has 1 heterocycles. The van der Waals surface area contributed by atoms with Gasteiger partial charge in [-0.2, -0.15) is 13.2 Å². The molecule has 1 amide bonds. The van der Waals surface area contributed by atoms with Crippen molar-refractivity contribution in [2.75, 3.05) is 6.54 Å². The van der Waals surface area contributed by atoms with E-state index in [9.17, 15) is 18.0 Å². The number of hydrogen-bond donors (Lipinski definition) is 1. The zero-order valence-corrected chi connectivity index (χ0v) is 11.2. The first kappa shape index (κ1) is 14.6. The second-order valence-electron chi connectivity index (χ2n) is 5.95. The number of nitrogens with zero attached hydrogens (tertiary/aromatic N) is 1. The van der Waals surface area contributed by atoms with Crippen molar-refractivity contribution >= 4 is 5.91 Å². The van der Waals surface area contributed by atoms with E-state index in [1.54, 1.807) is 0 Å². The number of hydrogen-bond acceptors (Lipinski definition) is 2. The number of piperidine rings is 1. The monoisotopic (exact) mass is 278 g/mol. The van der Waals surface area contributed by atoms with E-state index in [4.69, 9.17) is 5.73 Å². The maximum atomic E-state index is 12.9. The van der Waals surface area contributed by atoms with Gasteiger partial charge in [0.1, 0.15) is 0 Å². The van der Waals surface area contributed by atoms with Crippen LogP contribution in [0.2, 0.25) is 0 Å². The molecule has 3 unspecified atom stereocenters. The summed E-state index contributed by atoms with van der Waals surface area (Å²) in [4.78, 5) is 13.6. The molecule has 2 N–H and O–H groups in total. The molecule has 3 atom stereocenters. The van der Waals surface area contributed by atoms with Crippen molar-refractivity contribution in [2.24, 2.45) is 11.7 Å². The van der Waals surface area contributed by atoms with Crippen LogP contribution >= 0.6 is 0 Å². The summed E-state index contributed by atoms with van der Waals surface area (Å²) in [5, 5.41) is 0. The van der Waals surface area contributed by atoms with E-state index in [-0.39, 0.29) is 6.04 Å². The Balaban J connectivity index is 2.18. The van der Waals surface area contributed by atoms with Crippen LogP contribution in [0.25, 0.3) is 0 Å². The quantitative estimate of drug-likeness (QED) is 0.801. The van der Waals surface area contributed by atoms with Gasteiger partial charge in [0, 0.05) is 12.6 Å². The van der Waals surface area contributed by atoms with Gasteiger partial charge in [-0.15, -0.1) is 0 Å². The van der Waals surface area contributed by atoms with Crippen LogP contribution in [0.5, 0.6) is 0 Å². The van der Waals surface area contributed by atoms with Gasteiger partial charge in [0.05, 0.1) is 0 Å². The van der Waals surface area contributed by atoms with Crippen molar-refractivity contribution in [1.82, 2.24) is 4.90 Å². The lowest BCUT2D eigenvalue weighted by atomic mass is 9.77. The standard InChI is InChI=1S/C13H21F3N2O/c1-12(17,13(14,15)16)11(19)18-8-4-6-9-5-2-3-7-10(9)18/h9-10H,2-8,17H2,1H3. The van der Waals surface area contributed by atoms with Gasteiger partial charge in [0.15, 0.2) is 5.54 Å². The topological polar surface area (TPSA) is 46.3 Å². The summed E-state index contributed by atoms with van der Waals surface area (Å²) in [5.41, 5.74) is 2.50. The number of likely N-dealkylation sites (tertiary alicyclic amines) is 1. The predicted octanol–water partition coefficient (Wildman–Crippen LogP) is 2.45. The highest BCUT2D eigenvalue weighted by atomic mass is 19.4. The molecule has 2 fully saturated rings. The Morgan fingerprint density at radius 2 is 1.74 bits per heavy atom. The number of alkyl halides is 3. The molecule has 19 heavy (non-hydrogen) atoms. The molecule has 2 rings (SSSR count). The summed E-state index contributed by atoms with van der Waals surface area (Å²) in [6.45, 7) is 1.19. The van der Waals surface area contributed by atoms with Gasteiger partial charge in [0.25, 0.3) is 5.91 Å². The maximum Gasteiger partial charge on any atom is 0.415 e. The van der Waals surface area contributed by atoms with Crippen LogP contribution in [0.4, 0.5) is 13.2 Å². The van der Waals surface area contributed by atoms with Gasteiger partial charge < -0.3 is 10.6 Å². The molecule has 0 bridgehead atoms. The molecule has 1 aliphatic carbocycles. The fourth-order valence-corrected chi connectivity index (χ4v) is 3.30. The molecule has 2 aliphatic rings. The summed E-state index contributed by atoms with van der Waals surface area (Å²) >= 11 is 0. The van der Waals surface area contributed by atoms with Gasteiger partial charge in [-0.05, 0) is 38.5 Å². The molecule has 0 aromatic rings. The van der Waals surface area contributed by atoms with Crippen LogP contribution < -0.4 is 5.73 Å². The van der Waals surface area contributed by atoms with Crippen LogP contribution in [-0.4, -0.2) is 35.1 Å². The Hall–Kier alpha value is -0.780. The number of carbonyl (C=O) groups excluding carboxylic acids is 1. The minimum absolute atomic E-state index is 0.0415. The van der Waals surface area contributed by atoms with Gasteiger partial charge >= 0.3 is 6.18 Å². The smallest absolute Gasteiger partial charge is 0.338 e. The van der Waals surface area contributed by atoms with Gasteiger partial charge in [-0.1, -0.05) is 12.8 Å². The third kappa shape index (κ3) is 2.59. The molecular weight excluding hydrogens is 257 g/mol. The van der Waals surface area contributed by atoms with Crippen molar-refractivity contribution in [1.29, 1.82) is 0 Å². The molecule has 0 radical (unpaired) electrons. The molecule has 6 heteroatoms. The van der Waals surface area contributed by atoms with Crippen molar-refractivity contribution in [3.05, 3.63) is 0 Å². The predicted molar refractivity (Wildman–Crippen MR) is 65.3 cm³/mol. The van der Waals surface area contributed by atoms with E-state index in [0.29, 0.717) is 12.5 Å². The summed E-state index contributed by atoms with van der Waals surface area (Å²) < 4.78 is 38.7. The molecule has 1 saturated heterocycles. The van der Waals surface area contributed by atoms with Crippen molar-refractivity contribution < 1.29 is 18.0 Å². The molecule has 1 aliphatic heterocycles. The van der Waals surface area contributed by atoms with E-state index in [1.807, 2.05) is 0 Å². The summed E-state index contributed by atoms with van der Waals surface area (Å²) in [7, 11) is 0. The highest BCUT2D eigenvalue weighted by Gasteiger charge is 2.56. The molecule has 0 aromatic carbocycles. The van der Waals surface area contributed by atoms with Crippen molar-refractivity contribution in [3.63, 3.8) is 0 Å². The van der Waals surface area contributed by atoms with Crippen LogP contribution in [0, 0.1) is 5.92 Å². The number of nitrogens with two attached hydrogens (primary N) is 1. The Morgan fingerprint density at radius 3 is 2.37 bits per heavy atom. The lowest BCUT2D eigenvalue weighted by molar-refractivity contribution is -0.197. The first-order valence-electron chi connectivity index (χ1n) is 6.92. The minimum atomic E-state index is -4.70. The highest BCUT2D eigenvalue weighted by Crippen LogP contribution is 2.38. The lowest BCUT2D eigenvalue weighted by Gasteiger charge is -2.46. The molecule has 0 aromatic heterocycles. The van der Waals surface area contributed by atoms with E-state index in [1.165, 1.54) is 4.90 Å². The van der Waals surface area contributed by atoms with E-state index in [0.717, 1.165) is 45.4 Å². The number of carbonyl (C=O) groups is 1. The summed E-state index contributed by atoms with van der Waals surface area (Å²) in [6.07, 6.45) is 1.01. The number of rotatable bonds is 1. The van der Waals surface area contributed by atoms with E-state index >= 15 is 0 Å².